The van der Waals surface area contributed by atoms with E-state index in [9.17, 15) is 5.11 Å². The van der Waals surface area contributed by atoms with Gasteiger partial charge in [0.15, 0.2) is 0 Å². The molecule has 0 saturated carbocycles. The van der Waals surface area contributed by atoms with Crippen molar-refractivity contribution in [3.8, 4) is 0 Å². The minimum absolute atomic E-state index is 0.0957. The monoisotopic (exact) mass is 288 g/mol. The zero-order valence-corrected chi connectivity index (χ0v) is 12.6. The first-order chi connectivity index (χ1) is 8.79. The highest BCUT2D eigenvalue weighted by atomic mass is 32.2. The van der Waals surface area contributed by atoms with Crippen LogP contribution in [-0.2, 0) is 4.74 Å². The van der Waals surface area contributed by atoms with Gasteiger partial charge in [0.25, 0.3) is 0 Å². The Morgan fingerprint density at radius 3 is 2.89 bits per heavy atom. The molecule has 2 nitrogen and oxygen atoms in total. The molecule has 4 heteroatoms. The number of aliphatic hydroxyl groups excluding tert-OH is 1. The summed E-state index contributed by atoms with van der Waals surface area (Å²) in [5, 5.41) is 11.2. The molecule has 0 aliphatic carbocycles. The minimum atomic E-state index is -0.0957. The fraction of sp³-hybridized carbons (Fsp3) is 1.00. The van der Waals surface area contributed by atoms with Crippen LogP contribution in [0.2, 0.25) is 0 Å². The number of hydrogen-bond donors (Lipinski definition) is 1. The summed E-state index contributed by atoms with van der Waals surface area (Å²) < 4.78 is 6.06. The molecule has 104 valence electrons. The van der Waals surface area contributed by atoms with Crippen LogP contribution in [-0.4, -0.2) is 45.9 Å². The van der Waals surface area contributed by atoms with Crippen molar-refractivity contribution in [2.75, 3.05) is 23.9 Å². The highest BCUT2D eigenvalue weighted by Gasteiger charge is 2.43. The molecule has 0 aromatic heterocycles. The Morgan fingerprint density at radius 2 is 2.17 bits per heavy atom. The van der Waals surface area contributed by atoms with Gasteiger partial charge in [0.2, 0.25) is 0 Å². The average Bonchev–Trinajstić information content (AvgIpc) is 2.87. The topological polar surface area (TPSA) is 29.5 Å². The number of aliphatic hydroxyl groups is 1. The molecule has 3 saturated heterocycles. The van der Waals surface area contributed by atoms with Crippen LogP contribution < -0.4 is 0 Å². The summed E-state index contributed by atoms with van der Waals surface area (Å²) in [6.07, 6.45) is 7.11. The van der Waals surface area contributed by atoms with Gasteiger partial charge in [0.1, 0.15) is 0 Å². The van der Waals surface area contributed by atoms with E-state index in [4.69, 9.17) is 4.74 Å². The van der Waals surface area contributed by atoms with Gasteiger partial charge in [-0.05, 0) is 49.5 Å². The maximum Gasteiger partial charge on any atom is 0.0783 e. The van der Waals surface area contributed by atoms with Crippen molar-refractivity contribution in [1.29, 1.82) is 0 Å². The maximum absolute atomic E-state index is 10.7. The van der Waals surface area contributed by atoms with Gasteiger partial charge in [0.05, 0.1) is 11.7 Å². The van der Waals surface area contributed by atoms with Gasteiger partial charge >= 0.3 is 0 Å². The molecule has 1 N–H and O–H groups in total. The molecule has 0 bridgehead atoms. The second kappa shape index (κ2) is 5.94. The third kappa shape index (κ3) is 2.87. The van der Waals surface area contributed by atoms with Crippen LogP contribution in [0.5, 0.6) is 0 Å². The smallest absolute Gasteiger partial charge is 0.0783 e. The van der Waals surface area contributed by atoms with Gasteiger partial charge in [0, 0.05) is 17.6 Å². The lowest BCUT2D eigenvalue weighted by atomic mass is 9.81. The maximum atomic E-state index is 10.7. The van der Waals surface area contributed by atoms with E-state index in [0.717, 1.165) is 25.2 Å². The molecule has 3 rings (SSSR count). The lowest BCUT2D eigenvalue weighted by Crippen LogP contribution is -2.45. The molecule has 0 amide bonds. The summed E-state index contributed by atoms with van der Waals surface area (Å²) in [7, 11) is 0. The summed E-state index contributed by atoms with van der Waals surface area (Å²) in [4.78, 5) is 0. The molecule has 4 atom stereocenters. The first-order valence-corrected chi connectivity index (χ1v) is 9.51. The summed E-state index contributed by atoms with van der Waals surface area (Å²) >= 11 is 4.02. The van der Waals surface area contributed by atoms with Gasteiger partial charge in [-0.2, -0.15) is 23.5 Å². The van der Waals surface area contributed by atoms with Crippen molar-refractivity contribution in [3.05, 3.63) is 0 Å². The molecule has 0 aromatic carbocycles. The van der Waals surface area contributed by atoms with E-state index < -0.39 is 0 Å². The first kappa shape index (κ1) is 13.6. The second-order valence-electron chi connectivity index (χ2n) is 5.98. The predicted octanol–water partition coefficient (Wildman–Crippen LogP) is 2.94. The average molecular weight is 288 g/mol. The van der Waals surface area contributed by atoms with Gasteiger partial charge < -0.3 is 9.84 Å². The van der Waals surface area contributed by atoms with E-state index in [1.807, 2.05) is 23.5 Å². The highest BCUT2D eigenvalue weighted by molar-refractivity contribution is 8.00. The summed E-state index contributed by atoms with van der Waals surface area (Å²) in [6, 6.07) is 0. The van der Waals surface area contributed by atoms with Crippen LogP contribution >= 0.6 is 23.5 Å². The summed E-state index contributed by atoms with van der Waals surface area (Å²) in [5.41, 5.74) is 0.119. The predicted molar refractivity (Wildman–Crippen MR) is 79.5 cm³/mol. The van der Waals surface area contributed by atoms with Crippen molar-refractivity contribution in [1.82, 2.24) is 0 Å². The SMILES string of the molecule is OC(C1CCOC2(CCSC2)C1)C1CCCCS1. The fourth-order valence-corrected chi connectivity index (χ4v) is 6.36. The largest absolute Gasteiger partial charge is 0.392 e. The van der Waals surface area contributed by atoms with Gasteiger partial charge in [-0.15, -0.1) is 0 Å². The lowest BCUT2D eigenvalue weighted by molar-refractivity contribution is -0.101. The van der Waals surface area contributed by atoms with Crippen LogP contribution in [0.3, 0.4) is 0 Å². The Labute approximate surface area is 119 Å². The van der Waals surface area contributed by atoms with E-state index in [0.29, 0.717) is 11.2 Å². The fourth-order valence-electron chi connectivity index (χ4n) is 3.56. The zero-order chi connectivity index (χ0) is 12.4. The van der Waals surface area contributed by atoms with Crippen molar-refractivity contribution < 1.29 is 9.84 Å². The van der Waals surface area contributed by atoms with Crippen LogP contribution in [0.4, 0.5) is 0 Å². The molecule has 3 aliphatic rings. The molecule has 3 aliphatic heterocycles. The van der Waals surface area contributed by atoms with Crippen molar-refractivity contribution >= 4 is 23.5 Å². The molecular weight excluding hydrogens is 264 g/mol. The minimum Gasteiger partial charge on any atom is -0.392 e. The van der Waals surface area contributed by atoms with Crippen molar-refractivity contribution in [2.24, 2.45) is 5.92 Å². The molecule has 0 aromatic rings. The van der Waals surface area contributed by atoms with Crippen LogP contribution in [0.1, 0.15) is 38.5 Å². The van der Waals surface area contributed by atoms with E-state index >= 15 is 0 Å². The van der Waals surface area contributed by atoms with E-state index in [2.05, 4.69) is 0 Å². The Balaban J connectivity index is 1.60. The van der Waals surface area contributed by atoms with E-state index in [1.54, 1.807) is 0 Å². The quantitative estimate of drug-likeness (QED) is 0.846. The molecule has 18 heavy (non-hydrogen) atoms. The number of thioether (sulfide) groups is 2. The van der Waals surface area contributed by atoms with E-state index in [-0.39, 0.29) is 11.7 Å². The molecule has 4 unspecified atom stereocenters. The molecule has 3 fully saturated rings. The summed E-state index contributed by atoms with van der Waals surface area (Å²) in [6.45, 7) is 0.861. The number of ether oxygens (including phenoxy) is 1. The third-order valence-electron chi connectivity index (χ3n) is 4.68. The Kier molecular flexibility index (Phi) is 4.49. The van der Waals surface area contributed by atoms with Crippen molar-refractivity contribution in [2.45, 2.75) is 55.5 Å². The van der Waals surface area contributed by atoms with Gasteiger partial charge in [-0.3, -0.25) is 0 Å². The summed E-state index contributed by atoms with van der Waals surface area (Å²) in [5.74, 6) is 4.11. The van der Waals surface area contributed by atoms with Gasteiger partial charge in [-0.1, -0.05) is 6.42 Å². The van der Waals surface area contributed by atoms with Crippen molar-refractivity contribution in [3.63, 3.8) is 0 Å². The first-order valence-electron chi connectivity index (χ1n) is 7.30. The molecule has 1 spiro atoms. The number of hydrogen-bond acceptors (Lipinski definition) is 4. The van der Waals surface area contributed by atoms with Gasteiger partial charge in [-0.25, -0.2) is 0 Å². The van der Waals surface area contributed by atoms with E-state index in [1.165, 1.54) is 37.2 Å². The Hall–Kier alpha value is 0.620. The van der Waals surface area contributed by atoms with Crippen LogP contribution in [0.25, 0.3) is 0 Å². The molecule has 3 heterocycles. The van der Waals surface area contributed by atoms with Crippen LogP contribution in [0, 0.1) is 5.92 Å². The normalized spacial score (nSPS) is 43.2. The molecule has 0 radical (unpaired) electrons. The molecular formula is C14H24O2S2. The standard InChI is InChI=1S/C14H24O2S2/c15-13(12-3-1-2-7-18-12)11-4-6-16-14(9-11)5-8-17-10-14/h11-13,15H,1-10H2. The van der Waals surface area contributed by atoms with Crippen LogP contribution in [0.15, 0.2) is 0 Å². The Morgan fingerprint density at radius 1 is 1.22 bits per heavy atom. The third-order valence-corrected chi connectivity index (χ3v) is 7.37. The lowest BCUT2D eigenvalue weighted by Gasteiger charge is -2.41. The zero-order valence-electron chi connectivity index (χ0n) is 11.0. The Bertz CT molecular complexity index is 273. The number of rotatable bonds is 2. The second-order valence-corrected chi connectivity index (χ2v) is 8.43. The highest BCUT2D eigenvalue weighted by Crippen LogP contribution is 2.43.